The van der Waals surface area contributed by atoms with E-state index >= 15 is 0 Å². The average molecular weight is 203 g/mol. The smallest absolute Gasteiger partial charge is 0.0224 e. The summed E-state index contributed by atoms with van der Waals surface area (Å²) >= 11 is 0. The molecule has 0 saturated heterocycles. The molecule has 0 heterocycles. The fourth-order valence-electron chi connectivity index (χ4n) is 1.47. The molecule has 0 spiro atoms. The van der Waals surface area contributed by atoms with Gasteiger partial charge >= 0.3 is 0 Å². The molecule has 0 aliphatic rings. The molecule has 0 aromatic heterocycles. The monoisotopic (exact) mass is 203 g/mol. The molecule has 0 amide bonds. The summed E-state index contributed by atoms with van der Waals surface area (Å²) in [6, 6.07) is 9.00. The van der Waals surface area contributed by atoms with Crippen LogP contribution in [0.5, 0.6) is 0 Å². The van der Waals surface area contributed by atoms with Gasteiger partial charge in [0.1, 0.15) is 0 Å². The lowest BCUT2D eigenvalue weighted by Crippen LogP contribution is -2.24. The number of hydrogen-bond donors (Lipinski definition) is 1. The molecule has 0 aliphatic heterocycles. The highest BCUT2D eigenvalue weighted by Gasteiger charge is 1.93. The van der Waals surface area contributed by atoms with E-state index in [0.717, 1.165) is 6.54 Å². The number of aryl methyl sites for hydroxylation is 1. The van der Waals surface area contributed by atoms with Crippen LogP contribution in [-0.2, 0) is 0 Å². The van der Waals surface area contributed by atoms with E-state index in [1.807, 2.05) is 0 Å². The molecule has 0 bridgehead atoms. The first-order valence-corrected chi connectivity index (χ1v) is 5.70. The van der Waals surface area contributed by atoms with Crippen molar-refractivity contribution in [2.24, 2.45) is 0 Å². The fourth-order valence-corrected chi connectivity index (χ4v) is 1.47. The quantitative estimate of drug-likeness (QED) is 0.773. The van der Waals surface area contributed by atoms with Gasteiger partial charge in [-0.2, -0.15) is 0 Å². The van der Waals surface area contributed by atoms with E-state index in [4.69, 9.17) is 0 Å². The largest absolute Gasteiger partial charge is 0.311 e. The lowest BCUT2D eigenvalue weighted by Gasteiger charge is -2.07. The Hall–Kier alpha value is -1.08. The third kappa shape index (κ3) is 4.80. The molecule has 1 atom stereocenters. The van der Waals surface area contributed by atoms with Gasteiger partial charge < -0.3 is 5.32 Å². The van der Waals surface area contributed by atoms with Crippen LogP contribution in [0.25, 0.3) is 6.08 Å². The van der Waals surface area contributed by atoms with Gasteiger partial charge in [0.25, 0.3) is 0 Å². The SMILES string of the molecule is CCCNC(C)/C=C/c1cccc(C)c1. The number of benzene rings is 1. The Morgan fingerprint density at radius 2 is 2.20 bits per heavy atom. The maximum absolute atomic E-state index is 3.43. The zero-order chi connectivity index (χ0) is 11.1. The van der Waals surface area contributed by atoms with Gasteiger partial charge in [-0.1, -0.05) is 48.9 Å². The second-order valence-corrected chi connectivity index (χ2v) is 4.02. The standard InChI is InChI=1S/C14H21N/c1-4-10-15-13(3)8-9-14-7-5-6-12(2)11-14/h5-9,11,13,15H,4,10H2,1-3H3/b9-8+. The highest BCUT2D eigenvalue weighted by Crippen LogP contribution is 2.06. The van der Waals surface area contributed by atoms with E-state index in [9.17, 15) is 0 Å². The van der Waals surface area contributed by atoms with E-state index in [-0.39, 0.29) is 0 Å². The van der Waals surface area contributed by atoms with Crippen molar-refractivity contribution in [2.45, 2.75) is 33.2 Å². The van der Waals surface area contributed by atoms with Crippen molar-refractivity contribution in [2.75, 3.05) is 6.54 Å². The third-order valence-electron chi connectivity index (χ3n) is 2.34. The summed E-state index contributed by atoms with van der Waals surface area (Å²) in [4.78, 5) is 0. The van der Waals surface area contributed by atoms with Gasteiger partial charge in [-0.25, -0.2) is 0 Å². The van der Waals surface area contributed by atoms with Crippen LogP contribution in [0.3, 0.4) is 0 Å². The minimum atomic E-state index is 0.450. The second kappa shape index (κ2) is 6.41. The van der Waals surface area contributed by atoms with Gasteiger partial charge in [-0.15, -0.1) is 0 Å². The Morgan fingerprint density at radius 3 is 2.87 bits per heavy atom. The Kier molecular flexibility index (Phi) is 5.13. The molecule has 1 aromatic rings. The molecule has 1 nitrogen and oxygen atoms in total. The summed E-state index contributed by atoms with van der Waals surface area (Å²) in [6.45, 7) is 7.57. The Balaban J connectivity index is 2.49. The summed E-state index contributed by atoms with van der Waals surface area (Å²) in [5, 5.41) is 3.43. The maximum Gasteiger partial charge on any atom is 0.0224 e. The van der Waals surface area contributed by atoms with Crippen molar-refractivity contribution in [3.05, 3.63) is 41.5 Å². The van der Waals surface area contributed by atoms with Gasteiger partial charge in [-0.3, -0.25) is 0 Å². The van der Waals surface area contributed by atoms with Gasteiger partial charge in [0.15, 0.2) is 0 Å². The molecular weight excluding hydrogens is 182 g/mol. The Bertz CT molecular complexity index is 315. The Morgan fingerprint density at radius 1 is 1.40 bits per heavy atom. The first-order valence-electron chi connectivity index (χ1n) is 5.70. The van der Waals surface area contributed by atoms with Crippen LogP contribution in [0.1, 0.15) is 31.4 Å². The summed E-state index contributed by atoms with van der Waals surface area (Å²) in [6.07, 6.45) is 5.58. The number of nitrogens with one attached hydrogen (secondary N) is 1. The number of hydrogen-bond acceptors (Lipinski definition) is 1. The average Bonchev–Trinajstić information content (AvgIpc) is 2.23. The maximum atomic E-state index is 3.43. The van der Waals surface area contributed by atoms with Crippen molar-refractivity contribution >= 4 is 6.08 Å². The summed E-state index contributed by atoms with van der Waals surface area (Å²) in [7, 11) is 0. The molecule has 1 rings (SSSR count). The molecule has 0 aliphatic carbocycles. The van der Waals surface area contributed by atoms with Crippen LogP contribution < -0.4 is 5.32 Å². The van der Waals surface area contributed by atoms with E-state index in [0.29, 0.717) is 6.04 Å². The Labute approximate surface area is 93.2 Å². The predicted molar refractivity (Wildman–Crippen MR) is 68.0 cm³/mol. The minimum absolute atomic E-state index is 0.450. The molecule has 1 N–H and O–H groups in total. The predicted octanol–water partition coefficient (Wildman–Crippen LogP) is 3.40. The van der Waals surface area contributed by atoms with Crippen LogP contribution in [0.15, 0.2) is 30.3 Å². The normalized spacial score (nSPS) is 13.3. The lowest BCUT2D eigenvalue weighted by atomic mass is 10.1. The van der Waals surface area contributed by atoms with Crippen molar-refractivity contribution in [3.8, 4) is 0 Å². The van der Waals surface area contributed by atoms with Gasteiger partial charge in [-0.05, 0) is 32.4 Å². The van der Waals surface area contributed by atoms with Crippen LogP contribution in [0.2, 0.25) is 0 Å². The van der Waals surface area contributed by atoms with Crippen LogP contribution >= 0.6 is 0 Å². The van der Waals surface area contributed by atoms with Crippen molar-refractivity contribution in [3.63, 3.8) is 0 Å². The van der Waals surface area contributed by atoms with Crippen molar-refractivity contribution in [1.29, 1.82) is 0 Å². The zero-order valence-corrected chi connectivity index (χ0v) is 9.96. The molecule has 1 aromatic carbocycles. The van der Waals surface area contributed by atoms with Crippen molar-refractivity contribution < 1.29 is 0 Å². The third-order valence-corrected chi connectivity index (χ3v) is 2.34. The van der Waals surface area contributed by atoms with E-state index in [1.54, 1.807) is 0 Å². The van der Waals surface area contributed by atoms with Crippen molar-refractivity contribution in [1.82, 2.24) is 5.32 Å². The molecule has 82 valence electrons. The first-order chi connectivity index (χ1) is 7.22. The molecule has 0 saturated carbocycles. The molecule has 0 fully saturated rings. The summed E-state index contributed by atoms with van der Waals surface area (Å²) < 4.78 is 0. The van der Waals surface area contributed by atoms with E-state index in [1.165, 1.54) is 17.5 Å². The molecule has 1 heteroatoms. The molecule has 15 heavy (non-hydrogen) atoms. The number of rotatable bonds is 5. The minimum Gasteiger partial charge on any atom is -0.311 e. The van der Waals surface area contributed by atoms with Crippen LogP contribution in [0, 0.1) is 6.92 Å². The fraction of sp³-hybridized carbons (Fsp3) is 0.429. The summed E-state index contributed by atoms with van der Waals surface area (Å²) in [5.74, 6) is 0. The second-order valence-electron chi connectivity index (χ2n) is 4.02. The van der Waals surface area contributed by atoms with Gasteiger partial charge in [0.05, 0.1) is 0 Å². The van der Waals surface area contributed by atoms with Crippen LogP contribution in [0.4, 0.5) is 0 Å². The van der Waals surface area contributed by atoms with Crippen LogP contribution in [-0.4, -0.2) is 12.6 Å². The molecular formula is C14H21N. The summed E-state index contributed by atoms with van der Waals surface area (Å²) in [5.41, 5.74) is 2.59. The van der Waals surface area contributed by atoms with E-state index < -0.39 is 0 Å². The topological polar surface area (TPSA) is 12.0 Å². The molecule has 1 unspecified atom stereocenters. The van der Waals surface area contributed by atoms with Gasteiger partial charge in [0.2, 0.25) is 0 Å². The first kappa shape index (κ1) is 12.0. The zero-order valence-electron chi connectivity index (χ0n) is 9.96. The lowest BCUT2D eigenvalue weighted by molar-refractivity contribution is 0.625. The highest BCUT2D eigenvalue weighted by molar-refractivity contribution is 5.50. The van der Waals surface area contributed by atoms with Gasteiger partial charge in [0, 0.05) is 6.04 Å². The highest BCUT2D eigenvalue weighted by atomic mass is 14.9. The van der Waals surface area contributed by atoms with E-state index in [2.05, 4.69) is 62.5 Å². The molecule has 0 radical (unpaired) electrons.